The Labute approximate surface area is 68.2 Å². The van der Waals surface area contributed by atoms with Gasteiger partial charge in [0, 0.05) is 0 Å². The molecule has 0 amide bonds. The summed E-state index contributed by atoms with van der Waals surface area (Å²) in [4.78, 5) is 10.2. The maximum Gasteiger partial charge on any atom is 0.335 e. The molecule has 0 fully saturated rings. The Morgan fingerprint density at radius 1 is 1.45 bits per heavy atom. The van der Waals surface area contributed by atoms with Gasteiger partial charge in [-0.05, 0) is 19.4 Å². The maximum absolute atomic E-state index is 10.2. The summed E-state index contributed by atoms with van der Waals surface area (Å²) in [5.41, 5.74) is 0.875. The van der Waals surface area contributed by atoms with Crippen LogP contribution < -0.4 is 0 Å². The van der Waals surface area contributed by atoms with Gasteiger partial charge >= 0.3 is 5.97 Å². The molecular formula is C9H16O2. The van der Waals surface area contributed by atoms with Gasteiger partial charge in [0.1, 0.15) is 0 Å². The molecule has 0 spiro atoms. The van der Waals surface area contributed by atoms with Gasteiger partial charge in [-0.2, -0.15) is 0 Å². The van der Waals surface area contributed by atoms with Gasteiger partial charge in [0.15, 0.2) is 0 Å². The second-order valence-corrected chi connectivity index (χ2v) is 1.79. The van der Waals surface area contributed by atoms with Crippen molar-refractivity contribution >= 4 is 5.97 Å². The Morgan fingerprint density at radius 3 is 1.82 bits per heavy atom. The number of allylic oxidation sites excluding steroid dienone is 1. The van der Waals surface area contributed by atoms with E-state index >= 15 is 0 Å². The monoisotopic (exact) mass is 156 g/mol. The summed E-state index contributed by atoms with van der Waals surface area (Å²) in [7, 11) is 0. The normalized spacial score (nSPS) is 9.64. The molecule has 0 radical (unpaired) electrons. The zero-order valence-corrected chi connectivity index (χ0v) is 7.64. The van der Waals surface area contributed by atoms with Crippen LogP contribution in [0.15, 0.2) is 23.8 Å². The van der Waals surface area contributed by atoms with Crippen LogP contribution in [0.25, 0.3) is 0 Å². The fraction of sp³-hybridized carbons (Fsp3) is 0.444. The molecule has 0 aromatic rings. The molecule has 64 valence electrons. The van der Waals surface area contributed by atoms with E-state index in [4.69, 9.17) is 5.11 Å². The van der Waals surface area contributed by atoms with Gasteiger partial charge in [0.2, 0.25) is 0 Å². The number of carbonyl (C=O) groups is 1. The molecule has 0 aliphatic heterocycles. The topological polar surface area (TPSA) is 37.3 Å². The predicted molar refractivity (Wildman–Crippen MR) is 47.6 cm³/mol. The first kappa shape index (κ1) is 12.6. The molecule has 2 nitrogen and oxygen atoms in total. The number of carboxylic acids is 1. The first-order chi connectivity index (χ1) is 5.09. The smallest absolute Gasteiger partial charge is 0.335 e. The highest BCUT2D eigenvalue weighted by Gasteiger charge is 2.03. The average Bonchev–Trinajstić information content (AvgIpc) is 1.91. The third-order valence-electron chi connectivity index (χ3n) is 0.979. The molecule has 0 saturated carbocycles. The zero-order chi connectivity index (χ0) is 9.44. The molecule has 0 saturated heterocycles. The van der Waals surface area contributed by atoms with Crippen molar-refractivity contribution in [2.45, 2.75) is 27.7 Å². The highest BCUT2D eigenvalue weighted by molar-refractivity contribution is 5.91. The molecular weight excluding hydrogens is 140 g/mol. The van der Waals surface area contributed by atoms with E-state index in [0.29, 0.717) is 5.57 Å². The quantitative estimate of drug-likeness (QED) is 0.493. The first-order valence-corrected chi connectivity index (χ1v) is 3.65. The van der Waals surface area contributed by atoms with Gasteiger partial charge in [-0.25, -0.2) is 4.79 Å². The van der Waals surface area contributed by atoms with E-state index in [1.165, 1.54) is 6.08 Å². The molecule has 0 aliphatic carbocycles. The van der Waals surface area contributed by atoms with Gasteiger partial charge in [-0.3, -0.25) is 0 Å². The SMILES string of the molecule is C=C(C)/C(=C\C)C(=O)O.CC. The van der Waals surface area contributed by atoms with Crippen LogP contribution in [0.3, 0.4) is 0 Å². The number of hydrogen-bond acceptors (Lipinski definition) is 1. The second-order valence-electron chi connectivity index (χ2n) is 1.79. The van der Waals surface area contributed by atoms with Gasteiger partial charge in [0.25, 0.3) is 0 Å². The zero-order valence-electron chi connectivity index (χ0n) is 7.64. The number of rotatable bonds is 2. The van der Waals surface area contributed by atoms with Crippen LogP contribution in [-0.4, -0.2) is 11.1 Å². The van der Waals surface area contributed by atoms with Crippen molar-refractivity contribution in [3.8, 4) is 0 Å². The van der Waals surface area contributed by atoms with E-state index < -0.39 is 5.97 Å². The Morgan fingerprint density at radius 2 is 1.82 bits per heavy atom. The molecule has 0 unspecified atom stereocenters. The van der Waals surface area contributed by atoms with E-state index in [2.05, 4.69) is 6.58 Å². The van der Waals surface area contributed by atoms with Crippen molar-refractivity contribution in [1.82, 2.24) is 0 Å². The predicted octanol–water partition coefficient (Wildman–Crippen LogP) is 2.62. The van der Waals surface area contributed by atoms with E-state index in [1.54, 1.807) is 13.8 Å². The van der Waals surface area contributed by atoms with E-state index in [0.717, 1.165) is 0 Å². The molecule has 0 bridgehead atoms. The van der Waals surface area contributed by atoms with Crippen molar-refractivity contribution in [2.24, 2.45) is 0 Å². The van der Waals surface area contributed by atoms with Crippen LogP contribution in [0.1, 0.15) is 27.7 Å². The summed E-state index contributed by atoms with van der Waals surface area (Å²) in [6.45, 7) is 10.8. The molecule has 11 heavy (non-hydrogen) atoms. The molecule has 0 heterocycles. The summed E-state index contributed by atoms with van der Waals surface area (Å²) < 4.78 is 0. The standard InChI is InChI=1S/C7H10O2.C2H6/c1-4-6(5(2)3)7(8)9;1-2/h4H,2H2,1,3H3,(H,8,9);1-2H3/b6-4+;. The highest BCUT2D eigenvalue weighted by atomic mass is 16.4. The van der Waals surface area contributed by atoms with Crippen molar-refractivity contribution in [3.63, 3.8) is 0 Å². The first-order valence-electron chi connectivity index (χ1n) is 3.65. The average molecular weight is 156 g/mol. The number of hydrogen-bond donors (Lipinski definition) is 1. The Kier molecular flexibility index (Phi) is 8.10. The summed E-state index contributed by atoms with van der Waals surface area (Å²) in [6, 6.07) is 0. The van der Waals surface area contributed by atoms with Crippen LogP contribution in [0.5, 0.6) is 0 Å². The lowest BCUT2D eigenvalue weighted by Gasteiger charge is -1.96. The minimum atomic E-state index is -0.912. The van der Waals surface area contributed by atoms with Crippen LogP contribution >= 0.6 is 0 Å². The molecule has 0 aliphatic rings. The van der Waals surface area contributed by atoms with Gasteiger partial charge in [0.05, 0.1) is 5.57 Å². The summed E-state index contributed by atoms with van der Waals surface area (Å²) in [5.74, 6) is -0.912. The summed E-state index contributed by atoms with van der Waals surface area (Å²) in [6.07, 6.45) is 1.53. The van der Waals surface area contributed by atoms with E-state index in [9.17, 15) is 4.79 Å². The third kappa shape index (κ3) is 5.40. The molecule has 0 rings (SSSR count). The fourth-order valence-electron chi connectivity index (χ4n) is 0.552. The lowest BCUT2D eigenvalue weighted by atomic mass is 10.1. The van der Waals surface area contributed by atoms with Crippen LogP contribution in [0, 0.1) is 0 Å². The molecule has 0 aromatic heterocycles. The van der Waals surface area contributed by atoms with Gasteiger partial charge in [-0.1, -0.05) is 26.5 Å². The maximum atomic E-state index is 10.2. The second kappa shape index (κ2) is 7.06. The minimum absolute atomic E-state index is 0.287. The van der Waals surface area contributed by atoms with Crippen LogP contribution in [0.4, 0.5) is 0 Å². The summed E-state index contributed by atoms with van der Waals surface area (Å²) in [5, 5.41) is 8.41. The number of aliphatic carboxylic acids is 1. The van der Waals surface area contributed by atoms with Gasteiger partial charge < -0.3 is 5.11 Å². The highest BCUT2D eigenvalue weighted by Crippen LogP contribution is 2.04. The fourth-order valence-corrected chi connectivity index (χ4v) is 0.552. The number of carboxylic acid groups (broad SMARTS) is 1. The van der Waals surface area contributed by atoms with Crippen molar-refractivity contribution < 1.29 is 9.90 Å². The Bertz CT molecular complexity index is 150. The minimum Gasteiger partial charge on any atom is -0.478 e. The largest absolute Gasteiger partial charge is 0.478 e. The molecule has 2 heteroatoms. The van der Waals surface area contributed by atoms with Gasteiger partial charge in [-0.15, -0.1) is 0 Å². The van der Waals surface area contributed by atoms with Crippen molar-refractivity contribution in [3.05, 3.63) is 23.8 Å². The van der Waals surface area contributed by atoms with E-state index in [-0.39, 0.29) is 5.57 Å². The van der Waals surface area contributed by atoms with Crippen molar-refractivity contribution in [1.29, 1.82) is 0 Å². The lowest BCUT2D eigenvalue weighted by molar-refractivity contribution is -0.132. The lowest BCUT2D eigenvalue weighted by Crippen LogP contribution is -1.99. The van der Waals surface area contributed by atoms with Crippen molar-refractivity contribution in [2.75, 3.05) is 0 Å². The summed E-state index contributed by atoms with van der Waals surface area (Å²) >= 11 is 0. The molecule has 1 N–H and O–H groups in total. The molecule has 0 atom stereocenters. The molecule has 0 aromatic carbocycles. The van der Waals surface area contributed by atoms with E-state index in [1.807, 2.05) is 13.8 Å². The van der Waals surface area contributed by atoms with Crippen LogP contribution in [-0.2, 0) is 4.79 Å². The van der Waals surface area contributed by atoms with Crippen LogP contribution in [0.2, 0.25) is 0 Å². The Balaban J connectivity index is 0. The Hall–Kier alpha value is -1.05. The third-order valence-corrected chi connectivity index (χ3v) is 0.979.